The highest BCUT2D eigenvalue weighted by molar-refractivity contribution is 5.52. The minimum Gasteiger partial charge on any atom is -0.494 e. The Morgan fingerprint density at radius 2 is 2.15 bits per heavy atom. The largest absolute Gasteiger partial charge is 0.494 e. The third kappa shape index (κ3) is 2.87. The van der Waals surface area contributed by atoms with E-state index in [1.165, 1.54) is 11.1 Å². The zero-order valence-corrected chi connectivity index (χ0v) is 11.7. The summed E-state index contributed by atoms with van der Waals surface area (Å²) in [5.41, 5.74) is 3.64. The highest BCUT2D eigenvalue weighted by atomic mass is 16.5. The fourth-order valence-corrected chi connectivity index (χ4v) is 2.41. The summed E-state index contributed by atoms with van der Waals surface area (Å²) in [5.74, 6) is 1.95. The topological polar surface area (TPSA) is 30.5 Å². The number of hydrogen-bond acceptors (Lipinski definition) is 3. The van der Waals surface area contributed by atoms with Gasteiger partial charge in [0.05, 0.1) is 13.2 Å². The minimum absolute atomic E-state index is 0.696. The molecule has 0 aliphatic carbocycles. The molecule has 0 fully saturated rings. The van der Waals surface area contributed by atoms with Gasteiger partial charge in [-0.25, -0.2) is 0 Å². The van der Waals surface area contributed by atoms with Crippen molar-refractivity contribution in [1.29, 1.82) is 0 Å². The molecule has 0 saturated carbocycles. The standard InChI is InChI=1S/C17H19NO2/c1-2-19-16-5-3-4-13(10-16)12-18-15-6-7-17-14(11-15)8-9-20-17/h3-7,10-11,18H,2,8-9,12H2,1H3. The van der Waals surface area contributed by atoms with Gasteiger partial charge >= 0.3 is 0 Å². The lowest BCUT2D eigenvalue weighted by Gasteiger charge is -2.09. The number of hydrogen-bond donors (Lipinski definition) is 1. The van der Waals surface area contributed by atoms with Gasteiger partial charge in [-0.1, -0.05) is 12.1 Å². The second kappa shape index (κ2) is 5.87. The van der Waals surface area contributed by atoms with Crippen molar-refractivity contribution in [3.8, 4) is 11.5 Å². The SMILES string of the molecule is CCOc1cccc(CNc2ccc3c(c2)CCO3)c1. The smallest absolute Gasteiger partial charge is 0.122 e. The van der Waals surface area contributed by atoms with E-state index in [1.807, 2.05) is 25.1 Å². The molecule has 0 aromatic heterocycles. The summed E-state index contributed by atoms with van der Waals surface area (Å²) in [5, 5.41) is 3.45. The van der Waals surface area contributed by atoms with Gasteiger partial charge in [0.2, 0.25) is 0 Å². The summed E-state index contributed by atoms with van der Waals surface area (Å²) >= 11 is 0. The van der Waals surface area contributed by atoms with Crippen LogP contribution in [0.1, 0.15) is 18.1 Å². The molecular weight excluding hydrogens is 250 g/mol. The zero-order valence-electron chi connectivity index (χ0n) is 11.7. The van der Waals surface area contributed by atoms with Crippen LogP contribution < -0.4 is 14.8 Å². The molecule has 104 valence electrons. The summed E-state index contributed by atoms with van der Waals surface area (Å²) in [7, 11) is 0. The molecule has 2 aromatic rings. The van der Waals surface area contributed by atoms with E-state index < -0.39 is 0 Å². The van der Waals surface area contributed by atoms with Crippen molar-refractivity contribution in [3.63, 3.8) is 0 Å². The lowest BCUT2D eigenvalue weighted by Crippen LogP contribution is -2.00. The normalized spacial score (nSPS) is 12.7. The first-order chi connectivity index (χ1) is 9.85. The van der Waals surface area contributed by atoms with Crippen LogP contribution in [-0.4, -0.2) is 13.2 Å². The van der Waals surface area contributed by atoms with Gasteiger partial charge in [0.25, 0.3) is 0 Å². The van der Waals surface area contributed by atoms with Gasteiger partial charge in [-0.2, -0.15) is 0 Å². The van der Waals surface area contributed by atoms with Gasteiger partial charge in [-0.3, -0.25) is 0 Å². The van der Waals surface area contributed by atoms with E-state index in [9.17, 15) is 0 Å². The van der Waals surface area contributed by atoms with Crippen LogP contribution in [0.5, 0.6) is 11.5 Å². The average molecular weight is 269 g/mol. The fraction of sp³-hybridized carbons (Fsp3) is 0.294. The fourth-order valence-electron chi connectivity index (χ4n) is 2.41. The number of nitrogens with one attached hydrogen (secondary N) is 1. The first kappa shape index (κ1) is 12.9. The van der Waals surface area contributed by atoms with Crippen LogP contribution in [0.2, 0.25) is 0 Å². The maximum Gasteiger partial charge on any atom is 0.122 e. The lowest BCUT2D eigenvalue weighted by atomic mass is 10.1. The van der Waals surface area contributed by atoms with E-state index in [4.69, 9.17) is 9.47 Å². The number of anilines is 1. The first-order valence-electron chi connectivity index (χ1n) is 7.06. The lowest BCUT2D eigenvalue weighted by molar-refractivity contribution is 0.340. The molecule has 3 nitrogen and oxygen atoms in total. The van der Waals surface area contributed by atoms with Crippen molar-refractivity contribution in [2.24, 2.45) is 0 Å². The van der Waals surface area contributed by atoms with Crippen LogP contribution in [0.3, 0.4) is 0 Å². The average Bonchev–Trinajstić information content (AvgIpc) is 2.93. The predicted molar refractivity (Wildman–Crippen MR) is 80.6 cm³/mol. The third-order valence-corrected chi connectivity index (χ3v) is 3.40. The Hall–Kier alpha value is -2.16. The summed E-state index contributed by atoms with van der Waals surface area (Å²) in [6.45, 7) is 4.29. The second-order valence-electron chi connectivity index (χ2n) is 4.85. The highest BCUT2D eigenvalue weighted by Gasteiger charge is 2.11. The monoisotopic (exact) mass is 269 g/mol. The molecule has 3 heteroatoms. The molecule has 1 aliphatic rings. The van der Waals surface area contributed by atoms with Gasteiger partial charge in [0.1, 0.15) is 11.5 Å². The Labute approximate surface area is 119 Å². The van der Waals surface area contributed by atoms with E-state index in [0.717, 1.165) is 36.8 Å². The number of rotatable bonds is 5. The second-order valence-corrected chi connectivity index (χ2v) is 4.85. The van der Waals surface area contributed by atoms with Crippen LogP contribution >= 0.6 is 0 Å². The van der Waals surface area contributed by atoms with Gasteiger partial charge in [-0.05, 0) is 48.4 Å². The molecule has 0 unspecified atom stereocenters. The molecule has 0 radical (unpaired) electrons. The molecule has 20 heavy (non-hydrogen) atoms. The maximum atomic E-state index is 5.51. The van der Waals surface area contributed by atoms with Crippen LogP contribution in [-0.2, 0) is 13.0 Å². The van der Waals surface area contributed by atoms with Crippen molar-refractivity contribution in [3.05, 3.63) is 53.6 Å². The molecule has 0 bridgehead atoms. The van der Waals surface area contributed by atoms with Gasteiger partial charge in [0, 0.05) is 18.7 Å². The molecule has 1 N–H and O–H groups in total. The quantitative estimate of drug-likeness (QED) is 0.899. The van der Waals surface area contributed by atoms with Crippen molar-refractivity contribution in [2.75, 3.05) is 18.5 Å². The molecule has 0 amide bonds. The molecule has 1 heterocycles. The van der Waals surface area contributed by atoms with E-state index >= 15 is 0 Å². The van der Waals surface area contributed by atoms with Crippen LogP contribution in [0, 0.1) is 0 Å². The molecule has 0 spiro atoms. The zero-order chi connectivity index (χ0) is 13.8. The summed E-state index contributed by atoms with van der Waals surface area (Å²) < 4.78 is 11.0. The van der Waals surface area contributed by atoms with E-state index in [-0.39, 0.29) is 0 Å². The minimum atomic E-state index is 0.696. The van der Waals surface area contributed by atoms with Crippen LogP contribution in [0.25, 0.3) is 0 Å². The van der Waals surface area contributed by atoms with Crippen LogP contribution in [0.15, 0.2) is 42.5 Å². The Morgan fingerprint density at radius 1 is 1.20 bits per heavy atom. The Balaban J connectivity index is 1.65. The number of fused-ring (bicyclic) bond motifs is 1. The van der Waals surface area contributed by atoms with Crippen molar-refractivity contribution >= 4 is 5.69 Å². The van der Waals surface area contributed by atoms with E-state index in [0.29, 0.717) is 6.61 Å². The molecule has 1 aliphatic heterocycles. The molecular formula is C17H19NO2. The summed E-state index contributed by atoms with van der Waals surface area (Å²) in [6, 6.07) is 14.5. The van der Waals surface area contributed by atoms with E-state index in [1.54, 1.807) is 0 Å². The maximum absolute atomic E-state index is 5.51. The van der Waals surface area contributed by atoms with Crippen LogP contribution in [0.4, 0.5) is 5.69 Å². The van der Waals surface area contributed by atoms with Crippen molar-refractivity contribution in [2.45, 2.75) is 19.9 Å². The van der Waals surface area contributed by atoms with E-state index in [2.05, 4.69) is 29.6 Å². The van der Waals surface area contributed by atoms with Crippen molar-refractivity contribution < 1.29 is 9.47 Å². The van der Waals surface area contributed by atoms with Gasteiger partial charge in [-0.15, -0.1) is 0 Å². The summed E-state index contributed by atoms with van der Waals surface area (Å²) in [4.78, 5) is 0. The Morgan fingerprint density at radius 3 is 3.05 bits per heavy atom. The number of benzene rings is 2. The molecule has 2 aromatic carbocycles. The Bertz CT molecular complexity index is 595. The van der Waals surface area contributed by atoms with Crippen molar-refractivity contribution in [1.82, 2.24) is 0 Å². The Kier molecular flexibility index (Phi) is 3.77. The molecule has 0 saturated heterocycles. The van der Waals surface area contributed by atoms with Gasteiger partial charge < -0.3 is 14.8 Å². The molecule has 3 rings (SSSR count). The van der Waals surface area contributed by atoms with Gasteiger partial charge in [0.15, 0.2) is 0 Å². The predicted octanol–water partition coefficient (Wildman–Crippen LogP) is 3.63. The third-order valence-electron chi connectivity index (χ3n) is 3.40. The number of ether oxygens (including phenoxy) is 2. The first-order valence-corrected chi connectivity index (χ1v) is 7.06. The highest BCUT2D eigenvalue weighted by Crippen LogP contribution is 2.28. The summed E-state index contributed by atoms with van der Waals surface area (Å²) in [6.07, 6.45) is 1.00. The molecule has 0 atom stereocenters.